The Morgan fingerprint density at radius 3 is 2.71 bits per heavy atom. The van der Waals surface area contributed by atoms with Gasteiger partial charge < -0.3 is 5.32 Å². The lowest BCUT2D eigenvalue weighted by Gasteiger charge is -2.38. The van der Waals surface area contributed by atoms with Gasteiger partial charge in [-0.05, 0) is 70.7 Å². The molecule has 1 aliphatic heterocycles. The Balaban J connectivity index is 1.76. The molecule has 0 unspecified atom stereocenters. The monoisotopic (exact) mass is 432 g/mol. The van der Waals surface area contributed by atoms with Crippen LogP contribution in [0.1, 0.15) is 35.1 Å². The number of halogens is 1. The molecule has 1 aliphatic carbocycles. The summed E-state index contributed by atoms with van der Waals surface area (Å²) in [5.41, 5.74) is 5.09. The fourth-order valence-corrected chi connectivity index (χ4v) is 4.78. The van der Waals surface area contributed by atoms with Crippen molar-refractivity contribution < 1.29 is 4.92 Å². The number of aryl methyl sites for hydroxylation is 1. The maximum atomic E-state index is 10.9. The van der Waals surface area contributed by atoms with Gasteiger partial charge in [0.1, 0.15) is 0 Å². The highest BCUT2D eigenvalue weighted by Gasteiger charge is 2.38. The molecule has 2 aromatic carbocycles. The Kier molecular flexibility index (Phi) is 3.83. The van der Waals surface area contributed by atoms with Crippen LogP contribution in [0.15, 0.2) is 48.6 Å². The lowest BCUT2D eigenvalue weighted by Crippen LogP contribution is -2.29. The van der Waals surface area contributed by atoms with Crippen molar-refractivity contribution in [3.8, 4) is 0 Å². The van der Waals surface area contributed by atoms with Crippen molar-refractivity contribution in [2.45, 2.75) is 25.3 Å². The van der Waals surface area contributed by atoms with Crippen LogP contribution in [0.3, 0.4) is 0 Å². The highest BCUT2D eigenvalue weighted by molar-refractivity contribution is 14.1. The summed E-state index contributed by atoms with van der Waals surface area (Å²) in [6, 6.07) is 11.6. The van der Waals surface area contributed by atoms with Crippen LogP contribution in [-0.4, -0.2) is 4.92 Å². The lowest BCUT2D eigenvalue weighted by atomic mass is 9.76. The molecule has 1 heterocycles. The second kappa shape index (κ2) is 5.88. The molecule has 122 valence electrons. The number of hydrogen-bond acceptors (Lipinski definition) is 3. The summed E-state index contributed by atoms with van der Waals surface area (Å²) in [6.45, 7) is 2.14. The van der Waals surface area contributed by atoms with Crippen LogP contribution >= 0.6 is 22.6 Å². The number of rotatable bonds is 2. The summed E-state index contributed by atoms with van der Waals surface area (Å²) < 4.78 is 1.26. The van der Waals surface area contributed by atoms with Gasteiger partial charge in [-0.25, -0.2) is 0 Å². The number of fused-ring (bicyclic) bond motifs is 3. The zero-order valence-corrected chi connectivity index (χ0v) is 15.4. The van der Waals surface area contributed by atoms with Crippen molar-refractivity contribution >= 4 is 34.0 Å². The highest BCUT2D eigenvalue weighted by atomic mass is 127. The maximum absolute atomic E-state index is 10.9. The number of benzene rings is 2. The SMILES string of the molecule is Cc1cc(I)cc2c1N[C@H](c1ccc([N+](=O)[O-])cc1)[C@@H]1CC=C[C@H]21. The third-order valence-electron chi connectivity index (χ3n) is 5.09. The topological polar surface area (TPSA) is 55.2 Å². The largest absolute Gasteiger partial charge is 0.377 e. The van der Waals surface area contributed by atoms with E-state index in [9.17, 15) is 10.1 Å². The molecule has 0 aromatic heterocycles. The van der Waals surface area contributed by atoms with E-state index in [-0.39, 0.29) is 16.7 Å². The van der Waals surface area contributed by atoms with Crippen LogP contribution in [0, 0.1) is 26.5 Å². The van der Waals surface area contributed by atoms with Crippen LogP contribution < -0.4 is 5.32 Å². The zero-order valence-electron chi connectivity index (χ0n) is 13.2. The fraction of sp³-hybridized carbons (Fsp3) is 0.263. The third-order valence-corrected chi connectivity index (χ3v) is 5.72. The molecule has 0 amide bonds. The van der Waals surface area contributed by atoms with Crippen molar-refractivity contribution in [2.75, 3.05) is 5.32 Å². The minimum Gasteiger partial charge on any atom is -0.377 e. The number of nitrogens with zero attached hydrogens (tertiary/aromatic N) is 1. The Hall–Kier alpha value is -1.89. The average molecular weight is 432 g/mol. The van der Waals surface area contributed by atoms with E-state index >= 15 is 0 Å². The van der Waals surface area contributed by atoms with Crippen molar-refractivity contribution in [1.82, 2.24) is 0 Å². The van der Waals surface area contributed by atoms with Gasteiger partial charge in [-0.15, -0.1) is 0 Å². The van der Waals surface area contributed by atoms with Gasteiger partial charge in [0.05, 0.1) is 11.0 Å². The number of nitrogens with one attached hydrogen (secondary N) is 1. The predicted octanol–water partition coefficient (Wildman–Crippen LogP) is 5.33. The molecule has 0 radical (unpaired) electrons. The van der Waals surface area contributed by atoms with E-state index in [0.29, 0.717) is 11.8 Å². The molecular formula is C19H17IN2O2. The minimum absolute atomic E-state index is 0.141. The Labute approximate surface area is 154 Å². The van der Waals surface area contributed by atoms with Gasteiger partial charge in [0.15, 0.2) is 0 Å². The number of anilines is 1. The van der Waals surface area contributed by atoms with Crippen molar-refractivity contribution in [3.63, 3.8) is 0 Å². The van der Waals surface area contributed by atoms with Crippen LogP contribution in [0.4, 0.5) is 11.4 Å². The summed E-state index contributed by atoms with van der Waals surface area (Å²) in [5.74, 6) is 0.867. The first-order valence-corrected chi connectivity index (χ1v) is 9.10. The molecule has 24 heavy (non-hydrogen) atoms. The summed E-state index contributed by atoms with van der Waals surface area (Å²) in [4.78, 5) is 10.5. The van der Waals surface area contributed by atoms with E-state index < -0.39 is 0 Å². The van der Waals surface area contributed by atoms with Gasteiger partial charge in [0.25, 0.3) is 5.69 Å². The minimum atomic E-state index is -0.348. The summed E-state index contributed by atoms with van der Waals surface area (Å²) >= 11 is 2.38. The van der Waals surface area contributed by atoms with Gasteiger partial charge in [-0.3, -0.25) is 10.1 Å². The van der Waals surface area contributed by atoms with Gasteiger partial charge in [0.2, 0.25) is 0 Å². The van der Waals surface area contributed by atoms with Crippen LogP contribution in [0.25, 0.3) is 0 Å². The zero-order chi connectivity index (χ0) is 16.8. The number of nitro benzene ring substituents is 1. The number of hydrogen-bond donors (Lipinski definition) is 1. The van der Waals surface area contributed by atoms with Gasteiger partial charge in [0, 0.05) is 27.3 Å². The summed E-state index contributed by atoms with van der Waals surface area (Å²) in [6.07, 6.45) is 5.61. The summed E-state index contributed by atoms with van der Waals surface area (Å²) in [5, 5.41) is 14.6. The highest BCUT2D eigenvalue weighted by Crippen LogP contribution is 2.51. The first kappa shape index (κ1) is 15.6. The van der Waals surface area contributed by atoms with Crippen LogP contribution in [-0.2, 0) is 0 Å². The van der Waals surface area contributed by atoms with Crippen molar-refractivity contribution in [1.29, 1.82) is 0 Å². The third kappa shape index (κ3) is 2.51. The molecule has 1 N–H and O–H groups in total. The molecule has 0 fully saturated rings. The molecule has 2 aromatic rings. The quantitative estimate of drug-likeness (QED) is 0.302. The van der Waals surface area contributed by atoms with E-state index in [1.165, 1.54) is 20.4 Å². The molecule has 2 aliphatic rings. The number of non-ortho nitro benzene ring substituents is 1. The lowest BCUT2D eigenvalue weighted by molar-refractivity contribution is -0.384. The van der Waals surface area contributed by atoms with Crippen LogP contribution in [0.2, 0.25) is 0 Å². The smallest absolute Gasteiger partial charge is 0.269 e. The fourth-order valence-electron chi connectivity index (χ4n) is 3.97. The van der Waals surface area contributed by atoms with Gasteiger partial charge >= 0.3 is 0 Å². The van der Waals surface area contributed by atoms with Crippen LogP contribution in [0.5, 0.6) is 0 Å². The van der Waals surface area contributed by atoms with Crippen molar-refractivity contribution in [3.05, 3.63) is 78.9 Å². The Morgan fingerprint density at radius 2 is 2.00 bits per heavy atom. The molecule has 0 bridgehead atoms. The van der Waals surface area contributed by atoms with E-state index in [1.54, 1.807) is 12.1 Å². The molecule has 0 saturated heterocycles. The molecule has 3 atom stereocenters. The van der Waals surface area contributed by atoms with Crippen molar-refractivity contribution in [2.24, 2.45) is 5.92 Å². The average Bonchev–Trinajstić information content (AvgIpc) is 3.04. The number of nitro groups is 1. The van der Waals surface area contributed by atoms with Gasteiger partial charge in [-0.2, -0.15) is 0 Å². The maximum Gasteiger partial charge on any atom is 0.269 e. The normalized spacial score (nSPS) is 24.2. The molecule has 5 heteroatoms. The Morgan fingerprint density at radius 1 is 1.25 bits per heavy atom. The molecular weight excluding hydrogens is 415 g/mol. The van der Waals surface area contributed by atoms with Gasteiger partial charge in [-0.1, -0.05) is 24.3 Å². The standard InChI is InChI=1S/C19H17IN2O2/c1-11-9-13(20)10-17-15-3-2-4-16(15)19(21-18(11)17)12-5-7-14(8-6-12)22(23)24/h2-3,5-10,15-16,19,21H,4H2,1H3/t15-,16+,19+/m0/s1. The van der Waals surface area contributed by atoms with E-state index in [2.05, 4.69) is 59.1 Å². The number of allylic oxidation sites excluding steroid dienone is 2. The van der Waals surface area contributed by atoms with E-state index in [0.717, 1.165) is 12.0 Å². The van der Waals surface area contributed by atoms with E-state index in [4.69, 9.17) is 0 Å². The Bertz CT molecular complexity index is 845. The van der Waals surface area contributed by atoms with E-state index in [1.807, 2.05) is 12.1 Å². The molecule has 0 spiro atoms. The second-order valence-corrected chi connectivity index (χ2v) is 7.76. The summed E-state index contributed by atoms with van der Waals surface area (Å²) in [7, 11) is 0. The predicted molar refractivity (Wildman–Crippen MR) is 103 cm³/mol. The first-order valence-electron chi connectivity index (χ1n) is 8.02. The molecule has 4 nitrogen and oxygen atoms in total. The molecule has 0 saturated carbocycles. The second-order valence-electron chi connectivity index (χ2n) is 6.51. The molecule has 4 rings (SSSR count). The first-order chi connectivity index (χ1) is 11.5.